The normalized spacial score (nSPS) is 14.4. The van der Waals surface area contributed by atoms with Gasteiger partial charge in [0.2, 0.25) is 0 Å². The first kappa shape index (κ1) is 27.0. The summed E-state index contributed by atoms with van der Waals surface area (Å²) < 4.78 is 4.94. The third kappa shape index (κ3) is 3.86. The summed E-state index contributed by atoms with van der Waals surface area (Å²) in [4.78, 5) is 1.30. The fraction of sp³-hybridized carbons (Fsp3) is 0.0222. The molecule has 0 amide bonds. The van der Waals surface area contributed by atoms with Crippen LogP contribution < -0.4 is 5.32 Å². The van der Waals surface area contributed by atoms with Crippen molar-refractivity contribution in [1.82, 2.24) is 9.13 Å². The second kappa shape index (κ2) is 10.3. The zero-order chi connectivity index (χ0) is 32.1. The molecule has 3 heterocycles. The highest BCUT2D eigenvalue weighted by molar-refractivity contribution is 8.00. The van der Waals surface area contributed by atoms with E-state index in [1.165, 1.54) is 81.3 Å². The Balaban J connectivity index is 1.20. The molecule has 0 aliphatic carbocycles. The number of hydrogen-bond donors (Lipinski definition) is 1. The highest BCUT2D eigenvalue weighted by atomic mass is 32.2. The second-order valence-corrected chi connectivity index (χ2v) is 14.1. The predicted molar refractivity (Wildman–Crippen MR) is 209 cm³/mol. The Kier molecular flexibility index (Phi) is 5.66. The standard InChI is InChI=1S/C45H29N3S/c1-3-11-29(12-4-1)45-46-42-40(49-45)26-21-28-19-20-30-27-32(22-23-33(30)41(28)42)48-39-18-10-8-16-35(39)37-25-24-36-34-15-7-9-17-38(34)47(43(36)44(37)48)31-13-5-2-6-14-31/h1-27,45-46H. The van der Waals surface area contributed by atoms with E-state index in [1.807, 2.05) is 11.8 Å². The molecule has 0 spiro atoms. The number of nitrogens with one attached hydrogen (secondary N) is 1. The molecule has 1 unspecified atom stereocenters. The molecule has 0 radical (unpaired) electrons. The summed E-state index contributed by atoms with van der Waals surface area (Å²) in [6, 6.07) is 60.0. The molecule has 0 saturated carbocycles. The highest BCUT2D eigenvalue weighted by Gasteiger charge is 2.26. The quantitative estimate of drug-likeness (QED) is 0.194. The number of thioether (sulfide) groups is 1. The van der Waals surface area contributed by atoms with Crippen LogP contribution in [0.4, 0.5) is 5.69 Å². The van der Waals surface area contributed by atoms with Crippen molar-refractivity contribution in [1.29, 1.82) is 0 Å². The first-order valence-corrected chi connectivity index (χ1v) is 17.7. The number of fused-ring (bicyclic) bond motifs is 12. The Labute approximate surface area is 287 Å². The molecule has 10 aromatic rings. The molecule has 49 heavy (non-hydrogen) atoms. The molecule has 3 nitrogen and oxygen atoms in total. The summed E-state index contributed by atoms with van der Waals surface area (Å²) in [5.41, 5.74) is 9.73. The van der Waals surface area contributed by atoms with Gasteiger partial charge in [0.25, 0.3) is 0 Å². The average molecular weight is 644 g/mol. The Morgan fingerprint density at radius 3 is 1.73 bits per heavy atom. The van der Waals surface area contributed by atoms with E-state index < -0.39 is 0 Å². The lowest BCUT2D eigenvalue weighted by Crippen LogP contribution is -2.01. The third-order valence-corrected chi connectivity index (χ3v) is 11.5. The van der Waals surface area contributed by atoms with Crippen LogP contribution in [0.1, 0.15) is 10.9 Å². The third-order valence-electron chi connectivity index (χ3n) is 10.3. The van der Waals surface area contributed by atoms with Gasteiger partial charge in [-0.1, -0.05) is 133 Å². The summed E-state index contributed by atoms with van der Waals surface area (Å²) in [5.74, 6) is 0. The summed E-state index contributed by atoms with van der Waals surface area (Å²) in [5, 5.41) is 14.2. The van der Waals surface area contributed by atoms with E-state index in [9.17, 15) is 0 Å². The van der Waals surface area contributed by atoms with Crippen LogP contribution in [0.3, 0.4) is 0 Å². The summed E-state index contributed by atoms with van der Waals surface area (Å²) in [6.07, 6.45) is 0. The van der Waals surface area contributed by atoms with E-state index in [4.69, 9.17) is 0 Å². The molecule has 1 aliphatic heterocycles. The molecule has 2 aromatic heterocycles. The SMILES string of the molecule is c1ccc(C2Nc3c(ccc4ccc5cc(-n6c7ccccc7c7ccc8c9ccccc9n(-c9ccccc9)c8c76)ccc5c34)S2)cc1. The molecule has 0 fully saturated rings. The molecule has 8 aromatic carbocycles. The monoisotopic (exact) mass is 643 g/mol. The number of anilines is 1. The topological polar surface area (TPSA) is 21.9 Å². The van der Waals surface area contributed by atoms with Gasteiger partial charge < -0.3 is 14.5 Å². The van der Waals surface area contributed by atoms with Gasteiger partial charge in [-0.2, -0.15) is 0 Å². The van der Waals surface area contributed by atoms with Crippen molar-refractivity contribution in [2.45, 2.75) is 10.3 Å². The molecular weight excluding hydrogens is 615 g/mol. The molecule has 11 rings (SSSR count). The van der Waals surface area contributed by atoms with Crippen LogP contribution in [-0.4, -0.2) is 9.13 Å². The lowest BCUT2D eigenvalue weighted by atomic mass is 9.99. The fourth-order valence-electron chi connectivity index (χ4n) is 8.19. The van der Waals surface area contributed by atoms with Crippen LogP contribution >= 0.6 is 11.8 Å². The summed E-state index contributed by atoms with van der Waals surface area (Å²) >= 11 is 1.90. The van der Waals surface area contributed by atoms with Crippen LogP contribution in [0.25, 0.3) is 76.5 Å². The molecule has 230 valence electrons. The number of para-hydroxylation sites is 3. The molecule has 1 N–H and O–H groups in total. The second-order valence-electron chi connectivity index (χ2n) is 13.0. The summed E-state index contributed by atoms with van der Waals surface area (Å²) in [7, 11) is 0. The lowest BCUT2D eigenvalue weighted by molar-refractivity contribution is 1.14. The maximum Gasteiger partial charge on any atom is 0.103 e. The van der Waals surface area contributed by atoms with Crippen molar-refractivity contribution < 1.29 is 0 Å². The van der Waals surface area contributed by atoms with Crippen molar-refractivity contribution in [3.05, 3.63) is 169 Å². The Morgan fingerprint density at radius 2 is 1.02 bits per heavy atom. The van der Waals surface area contributed by atoms with Crippen molar-refractivity contribution in [2.24, 2.45) is 0 Å². The van der Waals surface area contributed by atoms with Crippen LogP contribution in [0, 0.1) is 0 Å². The van der Waals surface area contributed by atoms with Gasteiger partial charge in [-0.25, -0.2) is 0 Å². The number of hydrogen-bond acceptors (Lipinski definition) is 2. The lowest BCUT2D eigenvalue weighted by Gasteiger charge is -2.15. The van der Waals surface area contributed by atoms with Gasteiger partial charge in [0.15, 0.2) is 0 Å². The van der Waals surface area contributed by atoms with E-state index in [0.717, 1.165) is 11.4 Å². The summed E-state index contributed by atoms with van der Waals surface area (Å²) in [6.45, 7) is 0. The van der Waals surface area contributed by atoms with Crippen molar-refractivity contribution in [3.63, 3.8) is 0 Å². The van der Waals surface area contributed by atoms with Gasteiger partial charge in [-0.3, -0.25) is 0 Å². The van der Waals surface area contributed by atoms with Crippen molar-refractivity contribution >= 4 is 82.6 Å². The molecule has 1 atom stereocenters. The minimum atomic E-state index is 0.202. The van der Waals surface area contributed by atoms with Gasteiger partial charge in [-0.05, 0) is 64.2 Å². The Bertz CT molecular complexity index is 2940. The van der Waals surface area contributed by atoms with E-state index in [0.29, 0.717) is 0 Å². The fourth-order valence-corrected chi connectivity index (χ4v) is 9.33. The predicted octanol–water partition coefficient (Wildman–Crippen LogP) is 12.4. The van der Waals surface area contributed by atoms with E-state index >= 15 is 0 Å². The number of aromatic nitrogens is 2. The number of rotatable bonds is 3. The smallest absolute Gasteiger partial charge is 0.103 e. The largest absolute Gasteiger partial charge is 0.368 e. The Hall–Kier alpha value is -5.97. The van der Waals surface area contributed by atoms with Gasteiger partial charge in [0.05, 0.1) is 27.8 Å². The number of nitrogens with zero attached hydrogens (tertiary/aromatic N) is 2. The zero-order valence-electron chi connectivity index (χ0n) is 26.5. The van der Waals surface area contributed by atoms with E-state index in [1.54, 1.807) is 0 Å². The van der Waals surface area contributed by atoms with E-state index in [-0.39, 0.29) is 5.37 Å². The van der Waals surface area contributed by atoms with Crippen LogP contribution in [-0.2, 0) is 0 Å². The minimum absolute atomic E-state index is 0.202. The first-order chi connectivity index (χ1) is 24.3. The molecule has 1 aliphatic rings. The average Bonchev–Trinajstić information content (AvgIpc) is 3.86. The first-order valence-electron chi connectivity index (χ1n) is 16.8. The maximum atomic E-state index is 3.89. The van der Waals surface area contributed by atoms with Crippen molar-refractivity contribution in [3.8, 4) is 11.4 Å². The van der Waals surface area contributed by atoms with Crippen LogP contribution in [0.2, 0.25) is 0 Å². The minimum Gasteiger partial charge on any atom is -0.368 e. The van der Waals surface area contributed by atoms with Gasteiger partial charge in [0, 0.05) is 43.2 Å². The van der Waals surface area contributed by atoms with Crippen LogP contribution in [0.15, 0.2) is 169 Å². The van der Waals surface area contributed by atoms with Gasteiger partial charge in [0.1, 0.15) is 5.37 Å². The van der Waals surface area contributed by atoms with Crippen molar-refractivity contribution in [2.75, 3.05) is 5.32 Å². The van der Waals surface area contributed by atoms with Gasteiger partial charge in [-0.15, -0.1) is 0 Å². The zero-order valence-corrected chi connectivity index (χ0v) is 27.3. The van der Waals surface area contributed by atoms with Crippen LogP contribution in [0.5, 0.6) is 0 Å². The Morgan fingerprint density at radius 1 is 0.449 bits per heavy atom. The molecular formula is C45H29N3S. The number of benzene rings is 8. The molecule has 0 saturated heterocycles. The highest BCUT2D eigenvalue weighted by Crippen LogP contribution is 2.51. The van der Waals surface area contributed by atoms with E-state index in [2.05, 4.69) is 178 Å². The maximum absolute atomic E-state index is 3.89. The molecule has 0 bridgehead atoms. The van der Waals surface area contributed by atoms with Gasteiger partial charge >= 0.3 is 0 Å². The molecule has 4 heteroatoms.